The SMILES string of the molecule is NCCOCCOCCOCCCCNc1cccc2c1CN(C1CCC(=O)NC1=O)C2=O. The minimum atomic E-state index is -0.602. The second-order valence-electron chi connectivity index (χ2n) is 7.99. The highest BCUT2D eigenvalue weighted by Gasteiger charge is 2.39. The van der Waals surface area contributed by atoms with Crippen molar-refractivity contribution in [2.75, 3.05) is 58.0 Å². The Balaban J connectivity index is 1.33. The fourth-order valence-electron chi connectivity index (χ4n) is 3.93. The fourth-order valence-corrected chi connectivity index (χ4v) is 3.93. The molecule has 10 nitrogen and oxygen atoms in total. The first-order valence-corrected chi connectivity index (χ1v) is 11.6. The molecule has 1 aromatic carbocycles. The summed E-state index contributed by atoms with van der Waals surface area (Å²) in [4.78, 5) is 38.1. The maximum Gasteiger partial charge on any atom is 0.255 e. The molecule has 3 rings (SSSR count). The third kappa shape index (κ3) is 7.23. The van der Waals surface area contributed by atoms with Crippen LogP contribution >= 0.6 is 0 Å². The molecule has 0 aromatic heterocycles. The van der Waals surface area contributed by atoms with Crippen LogP contribution in [0.1, 0.15) is 41.6 Å². The highest BCUT2D eigenvalue weighted by atomic mass is 16.5. The summed E-state index contributed by atoms with van der Waals surface area (Å²) in [5.74, 6) is -0.843. The number of amides is 3. The second-order valence-corrected chi connectivity index (χ2v) is 7.99. The van der Waals surface area contributed by atoms with Crippen LogP contribution in [0.5, 0.6) is 0 Å². The van der Waals surface area contributed by atoms with E-state index in [2.05, 4.69) is 10.6 Å². The van der Waals surface area contributed by atoms with Gasteiger partial charge in [-0.2, -0.15) is 0 Å². The smallest absolute Gasteiger partial charge is 0.255 e. The lowest BCUT2D eigenvalue weighted by Gasteiger charge is -2.29. The highest BCUT2D eigenvalue weighted by molar-refractivity contribution is 6.06. The van der Waals surface area contributed by atoms with E-state index in [4.69, 9.17) is 19.9 Å². The summed E-state index contributed by atoms with van der Waals surface area (Å²) in [7, 11) is 0. The van der Waals surface area contributed by atoms with Crippen molar-refractivity contribution in [1.82, 2.24) is 10.2 Å². The van der Waals surface area contributed by atoms with Crippen LogP contribution in [-0.4, -0.2) is 81.4 Å². The number of piperidine rings is 1. The number of anilines is 1. The second kappa shape index (κ2) is 13.2. The minimum absolute atomic E-state index is 0.162. The highest BCUT2D eigenvalue weighted by Crippen LogP contribution is 2.32. The van der Waals surface area contributed by atoms with Gasteiger partial charge in [-0.1, -0.05) is 6.07 Å². The Hall–Kier alpha value is -2.53. The van der Waals surface area contributed by atoms with E-state index in [9.17, 15) is 14.4 Å². The van der Waals surface area contributed by atoms with Crippen LogP contribution < -0.4 is 16.4 Å². The van der Waals surface area contributed by atoms with E-state index in [1.54, 1.807) is 11.0 Å². The number of rotatable bonds is 15. The van der Waals surface area contributed by atoms with E-state index >= 15 is 0 Å². The molecule has 1 saturated heterocycles. The van der Waals surface area contributed by atoms with Crippen LogP contribution in [0.4, 0.5) is 5.69 Å². The van der Waals surface area contributed by atoms with Gasteiger partial charge >= 0.3 is 0 Å². The van der Waals surface area contributed by atoms with Gasteiger partial charge in [0.1, 0.15) is 6.04 Å². The lowest BCUT2D eigenvalue weighted by Crippen LogP contribution is -2.52. The van der Waals surface area contributed by atoms with E-state index in [1.165, 1.54) is 0 Å². The lowest BCUT2D eigenvalue weighted by atomic mass is 10.0. The molecule has 33 heavy (non-hydrogen) atoms. The third-order valence-corrected chi connectivity index (χ3v) is 5.62. The largest absolute Gasteiger partial charge is 0.385 e. The molecule has 1 aromatic rings. The zero-order chi connectivity index (χ0) is 23.5. The number of imide groups is 1. The molecule has 10 heteroatoms. The molecule has 0 saturated carbocycles. The maximum atomic E-state index is 12.9. The zero-order valence-electron chi connectivity index (χ0n) is 19.0. The molecule has 0 radical (unpaired) electrons. The van der Waals surface area contributed by atoms with Crippen LogP contribution in [0.25, 0.3) is 0 Å². The van der Waals surface area contributed by atoms with Crippen molar-refractivity contribution in [1.29, 1.82) is 0 Å². The number of benzene rings is 1. The summed E-state index contributed by atoms with van der Waals surface area (Å²) in [6.45, 7) is 5.01. The van der Waals surface area contributed by atoms with Gasteiger partial charge in [-0.15, -0.1) is 0 Å². The number of hydrogen-bond acceptors (Lipinski definition) is 8. The molecule has 0 spiro atoms. The van der Waals surface area contributed by atoms with E-state index in [0.717, 1.165) is 30.6 Å². The first kappa shape index (κ1) is 25.1. The summed E-state index contributed by atoms with van der Waals surface area (Å²) in [6, 6.07) is 4.98. The maximum absolute atomic E-state index is 12.9. The van der Waals surface area contributed by atoms with Crippen molar-refractivity contribution in [2.24, 2.45) is 5.73 Å². The van der Waals surface area contributed by atoms with Gasteiger partial charge in [0.05, 0.1) is 33.0 Å². The normalized spacial score (nSPS) is 17.9. The third-order valence-electron chi connectivity index (χ3n) is 5.62. The van der Waals surface area contributed by atoms with E-state index in [0.29, 0.717) is 64.7 Å². The summed E-state index contributed by atoms with van der Waals surface area (Å²) in [5, 5.41) is 5.74. The van der Waals surface area contributed by atoms with Gasteiger partial charge in [-0.25, -0.2) is 0 Å². The fraction of sp³-hybridized carbons (Fsp3) is 0.609. The molecule has 4 N–H and O–H groups in total. The Morgan fingerprint density at radius 1 is 1.00 bits per heavy atom. The Kier molecular flexibility index (Phi) is 10.1. The van der Waals surface area contributed by atoms with Gasteiger partial charge in [0.2, 0.25) is 11.8 Å². The van der Waals surface area contributed by atoms with Crippen molar-refractivity contribution in [3.05, 3.63) is 29.3 Å². The molecule has 2 aliphatic rings. The van der Waals surface area contributed by atoms with Crippen LogP contribution in [-0.2, 0) is 30.3 Å². The van der Waals surface area contributed by atoms with Gasteiger partial charge in [0.25, 0.3) is 5.91 Å². The molecule has 0 bridgehead atoms. The van der Waals surface area contributed by atoms with Crippen molar-refractivity contribution in [3.8, 4) is 0 Å². The van der Waals surface area contributed by atoms with Crippen molar-refractivity contribution >= 4 is 23.4 Å². The average molecular weight is 463 g/mol. The number of carbonyl (C=O) groups excluding carboxylic acids is 3. The van der Waals surface area contributed by atoms with Gasteiger partial charge < -0.3 is 30.2 Å². The number of carbonyl (C=O) groups is 3. The van der Waals surface area contributed by atoms with Crippen molar-refractivity contribution in [2.45, 2.75) is 38.3 Å². The Bertz CT molecular complexity index is 818. The molecule has 2 aliphatic heterocycles. The number of nitrogens with one attached hydrogen (secondary N) is 2. The number of fused-ring (bicyclic) bond motifs is 1. The first-order valence-electron chi connectivity index (χ1n) is 11.6. The van der Waals surface area contributed by atoms with Crippen molar-refractivity contribution < 1.29 is 28.6 Å². The first-order chi connectivity index (χ1) is 16.1. The predicted octanol–water partition coefficient (Wildman–Crippen LogP) is 0.648. The predicted molar refractivity (Wildman–Crippen MR) is 122 cm³/mol. The standard InChI is InChI=1S/C23H34N4O6/c24-8-11-32-13-15-33-14-12-31-10-2-1-9-25-19-5-3-4-17-18(19)16-27(23(17)30)20-6-7-21(28)26-22(20)29/h3-5,20,25H,1-2,6-16,24H2,(H,26,28,29). The molecule has 3 amide bonds. The van der Waals surface area contributed by atoms with Crippen LogP contribution in [0, 0.1) is 0 Å². The molecule has 1 unspecified atom stereocenters. The number of nitrogens with zero attached hydrogens (tertiary/aromatic N) is 1. The molecule has 2 heterocycles. The summed E-state index contributed by atoms with van der Waals surface area (Å²) in [5.41, 5.74) is 7.75. The van der Waals surface area contributed by atoms with Crippen molar-refractivity contribution in [3.63, 3.8) is 0 Å². The quantitative estimate of drug-likeness (QED) is 0.256. The molecule has 1 atom stereocenters. The number of hydrogen-bond donors (Lipinski definition) is 3. The van der Waals surface area contributed by atoms with E-state index < -0.39 is 11.9 Å². The van der Waals surface area contributed by atoms with Gasteiger partial charge in [-0.05, 0) is 31.4 Å². The average Bonchev–Trinajstić information content (AvgIpc) is 3.14. The van der Waals surface area contributed by atoms with Gasteiger partial charge in [-0.3, -0.25) is 19.7 Å². The Morgan fingerprint density at radius 3 is 2.45 bits per heavy atom. The van der Waals surface area contributed by atoms with E-state index in [-0.39, 0.29) is 18.2 Å². The summed E-state index contributed by atoms with van der Waals surface area (Å²) < 4.78 is 16.2. The molecule has 182 valence electrons. The topological polar surface area (TPSA) is 132 Å². The molecular weight excluding hydrogens is 428 g/mol. The molecule has 0 aliphatic carbocycles. The number of unbranched alkanes of at least 4 members (excludes halogenated alkanes) is 1. The minimum Gasteiger partial charge on any atom is -0.385 e. The summed E-state index contributed by atoms with van der Waals surface area (Å²) >= 11 is 0. The number of nitrogens with two attached hydrogens (primary N) is 1. The Labute approximate surface area is 194 Å². The van der Waals surface area contributed by atoms with Crippen LogP contribution in [0.15, 0.2) is 18.2 Å². The van der Waals surface area contributed by atoms with Gasteiger partial charge in [0, 0.05) is 49.5 Å². The van der Waals surface area contributed by atoms with E-state index in [1.807, 2.05) is 12.1 Å². The molecule has 1 fully saturated rings. The Morgan fingerprint density at radius 2 is 1.73 bits per heavy atom. The zero-order valence-corrected chi connectivity index (χ0v) is 19.0. The van der Waals surface area contributed by atoms with Gasteiger partial charge in [0.15, 0.2) is 0 Å². The lowest BCUT2D eigenvalue weighted by molar-refractivity contribution is -0.136. The van der Waals surface area contributed by atoms with Crippen LogP contribution in [0.2, 0.25) is 0 Å². The monoisotopic (exact) mass is 462 g/mol. The number of ether oxygens (including phenoxy) is 3. The van der Waals surface area contributed by atoms with Crippen LogP contribution in [0.3, 0.4) is 0 Å². The summed E-state index contributed by atoms with van der Waals surface area (Å²) in [6.07, 6.45) is 2.44. The molecular formula is C23H34N4O6.